The van der Waals surface area contributed by atoms with Gasteiger partial charge in [-0.15, -0.1) is 0 Å². The number of rotatable bonds is 1. The highest BCUT2D eigenvalue weighted by molar-refractivity contribution is 5.76. The smallest absolute Gasteiger partial charge is 0.130 e. The normalized spacial score (nSPS) is 12.2. The zero-order valence-electron chi connectivity index (χ0n) is 27.3. The molecule has 0 unspecified atom stereocenters. The summed E-state index contributed by atoms with van der Waals surface area (Å²) in [6.07, 6.45) is 1.96. The van der Waals surface area contributed by atoms with E-state index < -0.39 is 0 Å². The van der Waals surface area contributed by atoms with Crippen LogP contribution in [0.3, 0.4) is 0 Å². The van der Waals surface area contributed by atoms with E-state index in [1.807, 2.05) is 20.8 Å². The molecule has 0 aromatic heterocycles. The molecular weight excluding hydrogens is 406 g/mol. The van der Waals surface area contributed by atoms with Crippen molar-refractivity contribution >= 4 is 5.78 Å². The molecule has 4 nitrogen and oxygen atoms in total. The van der Waals surface area contributed by atoms with Crippen molar-refractivity contribution in [3.8, 4) is 0 Å². The molecule has 0 fully saturated rings. The predicted octanol–water partition coefficient (Wildman–Crippen LogP) is 7.89. The largest absolute Gasteiger partial charge is 0.326 e. The maximum Gasteiger partial charge on any atom is 0.130 e. The van der Waals surface area contributed by atoms with E-state index in [2.05, 4.69) is 128 Å². The van der Waals surface area contributed by atoms with Gasteiger partial charge in [-0.25, -0.2) is 0 Å². The van der Waals surface area contributed by atoms with Gasteiger partial charge in [-0.2, -0.15) is 0 Å². The number of nitrogens with zero attached hydrogens (tertiary/aromatic N) is 2. The first kappa shape index (κ1) is 42.7. The number of Topliss-reactive ketones (excluding diaryl/α,β-unsaturated/α-hetero) is 1. The van der Waals surface area contributed by atoms with E-state index in [0.29, 0.717) is 22.9 Å². The lowest BCUT2D eigenvalue weighted by Crippen LogP contribution is -2.34. The molecule has 0 rings (SSSR count). The van der Waals surface area contributed by atoms with E-state index in [1.54, 1.807) is 6.92 Å². The second-order valence-electron chi connectivity index (χ2n) is 14.9. The van der Waals surface area contributed by atoms with Crippen molar-refractivity contribution in [2.75, 3.05) is 28.2 Å². The number of carbonyl (C=O) groups is 1. The van der Waals surface area contributed by atoms with Gasteiger partial charge in [-0.1, -0.05) is 54.9 Å². The second-order valence-corrected chi connectivity index (χ2v) is 14.9. The lowest BCUT2D eigenvalue weighted by Gasteiger charge is -2.27. The summed E-state index contributed by atoms with van der Waals surface area (Å²) < 4.78 is 0. The summed E-state index contributed by atoms with van der Waals surface area (Å²) in [7, 11) is 8.33. The Balaban J connectivity index is -0.0000000998. The van der Waals surface area contributed by atoms with E-state index >= 15 is 0 Å². The molecule has 0 aliphatic heterocycles. The van der Waals surface area contributed by atoms with E-state index in [9.17, 15) is 4.79 Å². The van der Waals surface area contributed by atoms with Crippen molar-refractivity contribution in [3.63, 3.8) is 0 Å². The maximum atomic E-state index is 10.5. The molecule has 0 aliphatic carbocycles. The van der Waals surface area contributed by atoms with Gasteiger partial charge in [0.2, 0.25) is 0 Å². The standard InChI is InChI=1S/C7H14O.2C6H15N.C6H14.C4H11N/c1-6(8)5-7(2,3)4;2*1-6(2,3)7(4)5;1-5-6(2,3)4;1-4(2,3)5/h5H2,1-4H3;2*1-5H3;5H2,1-4H3;5H2,1-3H3. The third kappa shape index (κ3) is 72.1. The Labute approximate surface area is 212 Å². The van der Waals surface area contributed by atoms with Gasteiger partial charge in [0, 0.05) is 23.0 Å². The Morgan fingerprint density at radius 1 is 0.606 bits per heavy atom. The van der Waals surface area contributed by atoms with E-state index in [0.717, 1.165) is 0 Å². The van der Waals surface area contributed by atoms with Crippen molar-refractivity contribution in [2.45, 2.75) is 147 Å². The molecule has 0 atom stereocenters. The summed E-state index contributed by atoms with van der Waals surface area (Å²) in [6.45, 7) is 35.8. The van der Waals surface area contributed by atoms with E-state index in [-0.39, 0.29) is 16.7 Å². The van der Waals surface area contributed by atoms with Crippen LogP contribution < -0.4 is 5.73 Å². The van der Waals surface area contributed by atoms with Gasteiger partial charge in [-0.3, -0.25) is 0 Å². The first-order valence-corrected chi connectivity index (χ1v) is 12.5. The number of carbonyl (C=O) groups excluding carboxylic acids is 1. The van der Waals surface area contributed by atoms with Crippen LogP contribution in [-0.4, -0.2) is 60.4 Å². The number of hydrogen-bond donors (Lipinski definition) is 1. The Bertz CT molecular complexity index is 422. The molecule has 0 saturated heterocycles. The minimum atomic E-state index is 0. The molecule has 206 valence electrons. The topological polar surface area (TPSA) is 49.6 Å². The molecule has 0 aromatic carbocycles. The van der Waals surface area contributed by atoms with Gasteiger partial charge in [0.25, 0.3) is 0 Å². The van der Waals surface area contributed by atoms with Crippen LogP contribution in [-0.2, 0) is 4.79 Å². The molecule has 0 saturated carbocycles. The maximum absolute atomic E-state index is 10.5. The average Bonchev–Trinajstić information content (AvgIpc) is 2.41. The molecule has 0 aromatic rings. The molecule has 0 aliphatic rings. The first-order chi connectivity index (χ1) is 13.9. The highest BCUT2D eigenvalue weighted by atomic mass is 16.1. The molecule has 0 amide bonds. The lowest BCUT2D eigenvalue weighted by molar-refractivity contribution is -0.118. The third-order valence-electron chi connectivity index (χ3n) is 4.52. The second kappa shape index (κ2) is 17.9. The molecule has 0 spiro atoms. The molecule has 33 heavy (non-hydrogen) atoms. The van der Waals surface area contributed by atoms with Crippen LogP contribution in [0.1, 0.15) is 131 Å². The highest BCUT2D eigenvalue weighted by Gasteiger charge is 2.12. The Morgan fingerprint density at radius 3 is 0.758 bits per heavy atom. The fourth-order valence-electron chi connectivity index (χ4n) is 0.747. The molecule has 0 bridgehead atoms. The molecule has 0 heterocycles. The fraction of sp³-hybridized carbons (Fsp3) is 0.966. The van der Waals surface area contributed by atoms with Crippen molar-refractivity contribution < 1.29 is 4.79 Å². The minimum Gasteiger partial charge on any atom is -0.326 e. The van der Waals surface area contributed by atoms with Gasteiger partial charge < -0.3 is 20.3 Å². The van der Waals surface area contributed by atoms with E-state index in [4.69, 9.17) is 5.73 Å². The summed E-state index contributed by atoms with van der Waals surface area (Å²) in [5, 5.41) is 0. The van der Waals surface area contributed by atoms with Crippen molar-refractivity contribution in [2.24, 2.45) is 16.6 Å². The summed E-state index contributed by atoms with van der Waals surface area (Å²) in [5.74, 6) is 0.275. The highest BCUT2D eigenvalue weighted by Crippen LogP contribution is 2.18. The summed E-state index contributed by atoms with van der Waals surface area (Å²) >= 11 is 0. The molecule has 4 heteroatoms. The van der Waals surface area contributed by atoms with Crippen LogP contribution in [0.25, 0.3) is 0 Å². The predicted molar refractivity (Wildman–Crippen MR) is 155 cm³/mol. The first-order valence-electron chi connectivity index (χ1n) is 12.5. The zero-order chi connectivity index (χ0) is 28.6. The SMILES string of the molecule is CC(=O)CC(C)(C)C.CC(C)(C)N.CCC(C)(C)C.CN(C)C(C)(C)C.CN(C)C(C)(C)C. The Kier molecular flexibility index (Phi) is 23.2. The van der Waals surface area contributed by atoms with Crippen LogP contribution in [0.15, 0.2) is 0 Å². The minimum absolute atomic E-state index is 0. The van der Waals surface area contributed by atoms with Gasteiger partial charge in [-0.05, 0) is 108 Å². The molecule has 2 N–H and O–H groups in total. The monoisotopic (exact) mass is 476 g/mol. The van der Waals surface area contributed by atoms with E-state index in [1.165, 1.54) is 6.42 Å². The summed E-state index contributed by atoms with van der Waals surface area (Å²) in [4.78, 5) is 14.8. The average molecular weight is 476 g/mol. The van der Waals surface area contributed by atoms with Crippen LogP contribution in [0.5, 0.6) is 0 Å². The van der Waals surface area contributed by atoms with Gasteiger partial charge in [0.1, 0.15) is 5.78 Å². The Hall–Kier alpha value is -0.450. The number of nitrogens with two attached hydrogens (primary N) is 1. The van der Waals surface area contributed by atoms with Gasteiger partial charge >= 0.3 is 0 Å². The number of hydrogen-bond acceptors (Lipinski definition) is 4. The molecule has 0 radical (unpaired) electrons. The molecular formula is C29H69N3O. The fourth-order valence-corrected chi connectivity index (χ4v) is 0.747. The lowest BCUT2D eigenvalue weighted by atomic mass is 9.91. The van der Waals surface area contributed by atoms with Crippen LogP contribution in [0.2, 0.25) is 0 Å². The summed E-state index contributed by atoms with van der Waals surface area (Å²) in [6, 6.07) is 0. The Morgan fingerprint density at radius 2 is 0.758 bits per heavy atom. The van der Waals surface area contributed by atoms with Crippen molar-refractivity contribution in [1.29, 1.82) is 0 Å². The summed E-state index contributed by atoms with van der Waals surface area (Å²) in [5.41, 5.74) is 6.73. The van der Waals surface area contributed by atoms with Crippen LogP contribution in [0, 0.1) is 10.8 Å². The van der Waals surface area contributed by atoms with Crippen molar-refractivity contribution in [1.82, 2.24) is 9.80 Å². The zero-order valence-corrected chi connectivity index (χ0v) is 27.3. The van der Waals surface area contributed by atoms with Gasteiger partial charge in [0.15, 0.2) is 0 Å². The quantitative estimate of drug-likeness (QED) is 0.419. The van der Waals surface area contributed by atoms with Crippen LogP contribution >= 0.6 is 0 Å². The third-order valence-corrected chi connectivity index (χ3v) is 4.52. The van der Waals surface area contributed by atoms with Crippen molar-refractivity contribution in [3.05, 3.63) is 0 Å². The van der Waals surface area contributed by atoms with Crippen LogP contribution in [0.4, 0.5) is 0 Å². The van der Waals surface area contributed by atoms with Gasteiger partial charge in [0.05, 0.1) is 0 Å². The number of ketones is 1.